The van der Waals surface area contributed by atoms with Crippen LogP contribution in [0.4, 0.5) is 13.6 Å². The number of carbonyl (C=O) groups is 2. The molecule has 2 rings (SSSR count). The van der Waals surface area contributed by atoms with Crippen LogP contribution in [0.15, 0.2) is 0 Å². The zero-order valence-electron chi connectivity index (χ0n) is 16.4. The molecule has 0 aliphatic carbocycles. The number of piperidine rings is 1. The van der Waals surface area contributed by atoms with Crippen LogP contribution in [-0.4, -0.2) is 85.8 Å². The quantitative estimate of drug-likeness (QED) is 0.717. The van der Waals surface area contributed by atoms with Gasteiger partial charge in [-0.2, -0.15) is 0 Å². The van der Waals surface area contributed by atoms with Crippen molar-refractivity contribution in [3.05, 3.63) is 0 Å². The minimum Gasteiger partial charge on any atom is -0.443 e. The maximum absolute atomic E-state index is 12.5. The Morgan fingerprint density at radius 2 is 2.07 bits per heavy atom. The Labute approximate surface area is 159 Å². The van der Waals surface area contributed by atoms with Crippen molar-refractivity contribution in [2.45, 2.75) is 63.6 Å². The van der Waals surface area contributed by atoms with Crippen LogP contribution in [-0.2, 0) is 14.3 Å². The predicted octanol–water partition coefficient (Wildman–Crippen LogP) is 1.86. The van der Waals surface area contributed by atoms with Crippen molar-refractivity contribution in [3.63, 3.8) is 0 Å². The average molecular weight is 391 g/mol. The maximum atomic E-state index is 12.5. The third-order valence-electron chi connectivity index (χ3n) is 5.36. The van der Waals surface area contributed by atoms with Gasteiger partial charge in [-0.25, -0.2) is 13.6 Å². The van der Waals surface area contributed by atoms with Crippen molar-refractivity contribution in [2.75, 3.05) is 39.9 Å². The van der Waals surface area contributed by atoms with Crippen molar-refractivity contribution >= 4 is 12.0 Å². The molecular formula is C18H31F2N3O4. The highest BCUT2D eigenvalue weighted by atomic mass is 19.3. The highest BCUT2D eigenvalue weighted by Gasteiger charge is 2.50. The van der Waals surface area contributed by atoms with E-state index in [0.29, 0.717) is 25.9 Å². The molecule has 156 valence electrons. The Kier molecular flexibility index (Phi) is 7.79. The topological polar surface area (TPSA) is 71.1 Å². The lowest BCUT2D eigenvalue weighted by molar-refractivity contribution is -0.132. The second-order valence-corrected chi connectivity index (χ2v) is 7.43. The summed E-state index contributed by atoms with van der Waals surface area (Å²) in [4.78, 5) is 28.0. The van der Waals surface area contributed by atoms with Crippen LogP contribution >= 0.6 is 0 Å². The van der Waals surface area contributed by atoms with Gasteiger partial charge in [0, 0.05) is 13.1 Å². The van der Waals surface area contributed by atoms with Crippen LogP contribution in [0.25, 0.3) is 0 Å². The largest absolute Gasteiger partial charge is 0.443 e. The lowest BCUT2D eigenvalue weighted by Crippen LogP contribution is -2.74. The van der Waals surface area contributed by atoms with E-state index in [4.69, 9.17) is 9.47 Å². The number of alkyl halides is 2. The van der Waals surface area contributed by atoms with E-state index >= 15 is 0 Å². The first kappa shape index (κ1) is 21.8. The molecule has 2 fully saturated rings. The van der Waals surface area contributed by atoms with Crippen molar-refractivity contribution in [1.82, 2.24) is 15.1 Å². The van der Waals surface area contributed by atoms with Gasteiger partial charge in [0.05, 0.1) is 30.8 Å². The van der Waals surface area contributed by atoms with Gasteiger partial charge in [-0.3, -0.25) is 9.69 Å². The Morgan fingerprint density at radius 1 is 1.37 bits per heavy atom. The first-order valence-corrected chi connectivity index (χ1v) is 9.64. The van der Waals surface area contributed by atoms with E-state index < -0.39 is 30.7 Å². The summed E-state index contributed by atoms with van der Waals surface area (Å²) >= 11 is 0. The summed E-state index contributed by atoms with van der Waals surface area (Å²) in [5.41, 5.74) is -0.668. The lowest BCUT2D eigenvalue weighted by atomic mass is 9.79. The fourth-order valence-electron chi connectivity index (χ4n) is 4.09. The molecule has 0 aromatic carbocycles. The standard InChI is InChI=1S/C18H31F2N3O4/c1-4-13(5-2)26-10-14-18(12-22(3)9-16(24)21-18)7-6-8-23(14)17(25)27-11-15(19)20/h13-15H,4-12H2,1-3H3,(H,21,24). The molecule has 2 amide bonds. The zero-order valence-corrected chi connectivity index (χ0v) is 16.4. The Morgan fingerprint density at radius 3 is 2.67 bits per heavy atom. The van der Waals surface area contributed by atoms with E-state index in [1.54, 1.807) is 0 Å². The van der Waals surface area contributed by atoms with E-state index in [-0.39, 0.29) is 25.2 Å². The number of piperazine rings is 1. The van der Waals surface area contributed by atoms with Gasteiger partial charge in [-0.15, -0.1) is 0 Å². The minimum absolute atomic E-state index is 0.0416. The van der Waals surface area contributed by atoms with Gasteiger partial charge in [0.1, 0.15) is 0 Å². The number of halogens is 2. The van der Waals surface area contributed by atoms with Gasteiger partial charge in [0.25, 0.3) is 6.43 Å². The number of hydrogen-bond donors (Lipinski definition) is 1. The van der Waals surface area contributed by atoms with Gasteiger partial charge in [0.2, 0.25) is 5.91 Å². The van der Waals surface area contributed by atoms with E-state index in [1.165, 1.54) is 4.90 Å². The molecule has 1 spiro atoms. The van der Waals surface area contributed by atoms with Crippen molar-refractivity contribution < 1.29 is 27.8 Å². The summed E-state index contributed by atoms with van der Waals surface area (Å²) in [7, 11) is 1.85. The second kappa shape index (κ2) is 9.64. The Bertz CT molecular complexity index is 519. The van der Waals surface area contributed by atoms with Crippen LogP contribution < -0.4 is 5.32 Å². The molecule has 0 bridgehead atoms. The third kappa shape index (κ3) is 5.51. The molecule has 2 atom stereocenters. The summed E-state index contributed by atoms with van der Waals surface area (Å²) < 4.78 is 35.7. The monoisotopic (exact) mass is 391 g/mol. The van der Waals surface area contributed by atoms with Crippen molar-refractivity contribution in [1.29, 1.82) is 0 Å². The highest BCUT2D eigenvalue weighted by Crippen LogP contribution is 2.32. The van der Waals surface area contributed by atoms with E-state index in [1.807, 2.05) is 25.8 Å². The van der Waals surface area contributed by atoms with Gasteiger partial charge in [-0.1, -0.05) is 13.8 Å². The van der Waals surface area contributed by atoms with E-state index in [2.05, 4.69) is 5.32 Å². The lowest BCUT2D eigenvalue weighted by Gasteiger charge is -2.53. The summed E-state index contributed by atoms with van der Waals surface area (Å²) in [6, 6.07) is -0.469. The fraction of sp³-hybridized carbons (Fsp3) is 0.889. The number of hydrogen-bond acceptors (Lipinski definition) is 5. The Balaban J connectivity index is 2.22. The molecular weight excluding hydrogens is 360 g/mol. The molecule has 0 saturated carbocycles. The van der Waals surface area contributed by atoms with Gasteiger partial charge >= 0.3 is 6.09 Å². The normalized spacial score (nSPS) is 26.7. The van der Waals surface area contributed by atoms with Gasteiger partial charge in [0.15, 0.2) is 6.61 Å². The molecule has 0 radical (unpaired) electrons. The third-order valence-corrected chi connectivity index (χ3v) is 5.36. The molecule has 2 aliphatic rings. The summed E-state index contributed by atoms with van der Waals surface area (Å²) in [6.07, 6.45) is -0.448. The first-order chi connectivity index (χ1) is 12.8. The number of nitrogens with one attached hydrogen (secondary N) is 1. The molecule has 2 heterocycles. The number of nitrogens with zero attached hydrogens (tertiary/aromatic N) is 2. The second-order valence-electron chi connectivity index (χ2n) is 7.43. The highest BCUT2D eigenvalue weighted by molar-refractivity contribution is 5.80. The zero-order chi connectivity index (χ0) is 20.0. The van der Waals surface area contributed by atoms with Crippen LogP contribution in [0.5, 0.6) is 0 Å². The summed E-state index contributed by atoms with van der Waals surface area (Å²) in [6.45, 7) is 4.58. The SMILES string of the molecule is CCC(CC)OCC1N(C(=O)OCC(F)F)CCCC12CN(C)CC(=O)N2. The summed E-state index contributed by atoms with van der Waals surface area (Å²) in [5.74, 6) is -0.112. The number of carbonyl (C=O) groups excluding carboxylic acids is 2. The molecule has 27 heavy (non-hydrogen) atoms. The first-order valence-electron chi connectivity index (χ1n) is 9.64. The number of likely N-dealkylation sites (tertiary alicyclic amines) is 1. The predicted molar refractivity (Wildman–Crippen MR) is 95.8 cm³/mol. The maximum Gasteiger partial charge on any atom is 0.410 e. The number of ether oxygens (including phenoxy) is 2. The number of likely N-dealkylation sites (N-methyl/N-ethyl adjacent to an activating group) is 1. The van der Waals surface area contributed by atoms with Crippen LogP contribution in [0.2, 0.25) is 0 Å². The van der Waals surface area contributed by atoms with Crippen LogP contribution in [0, 0.1) is 0 Å². The molecule has 0 aromatic rings. The molecule has 2 aliphatic heterocycles. The molecule has 0 aromatic heterocycles. The number of amides is 2. The molecule has 2 saturated heterocycles. The fourth-order valence-corrected chi connectivity index (χ4v) is 4.09. The Hall–Kier alpha value is -1.48. The van der Waals surface area contributed by atoms with E-state index in [0.717, 1.165) is 12.8 Å². The minimum atomic E-state index is -2.72. The van der Waals surface area contributed by atoms with Crippen molar-refractivity contribution in [2.24, 2.45) is 0 Å². The molecule has 2 unspecified atom stereocenters. The average Bonchev–Trinajstić information content (AvgIpc) is 2.60. The molecule has 9 heteroatoms. The van der Waals surface area contributed by atoms with Crippen molar-refractivity contribution in [3.8, 4) is 0 Å². The van der Waals surface area contributed by atoms with Crippen LogP contribution in [0.3, 0.4) is 0 Å². The van der Waals surface area contributed by atoms with E-state index in [9.17, 15) is 18.4 Å². The summed E-state index contributed by atoms with van der Waals surface area (Å²) in [5, 5.41) is 3.06. The number of rotatable bonds is 7. The molecule has 7 nitrogen and oxygen atoms in total. The van der Waals surface area contributed by atoms with Gasteiger partial charge < -0.3 is 19.7 Å². The van der Waals surface area contributed by atoms with Gasteiger partial charge in [-0.05, 0) is 32.7 Å². The molecule has 1 N–H and O–H groups in total. The van der Waals surface area contributed by atoms with Crippen LogP contribution in [0.1, 0.15) is 39.5 Å². The smallest absolute Gasteiger partial charge is 0.410 e.